The first-order valence-electron chi connectivity index (χ1n) is 5.47. The highest BCUT2D eigenvalue weighted by Crippen LogP contribution is 2.22. The van der Waals surface area contributed by atoms with Crippen molar-refractivity contribution in [1.29, 1.82) is 0 Å². The van der Waals surface area contributed by atoms with E-state index < -0.39 is 5.97 Å². The van der Waals surface area contributed by atoms with Crippen LogP contribution in [0.5, 0.6) is 5.75 Å². The molecule has 0 saturated heterocycles. The molecule has 98 valence electrons. The van der Waals surface area contributed by atoms with Gasteiger partial charge in [-0.15, -0.1) is 0 Å². The second-order valence-electron chi connectivity index (χ2n) is 3.58. The maximum Gasteiger partial charge on any atom is 0.339 e. The van der Waals surface area contributed by atoms with Crippen molar-refractivity contribution in [3.63, 3.8) is 0 Å². The van der Waals surface area contributed by atoms with E-state index in [4.69, 9.17) is 21.4 Å². The average Bonchev–Trinajstić information content (AvgIpc) is 2.34. The molecular formula is C12H14ClNO4. The molecule has 0 radical (unpaired) electrons. The molecule has 2 N–H and O–H groups in total. The summed E-state index contributed by atoms with van der Waals surface area (Å²) in [6.45, 7) is 2.28. The van der Waals surface area contributed by atoms with Gasteiger partial charge in [-0.2, -0.15) is 0 Å². The summed E-state index contributed by atoms with van der Waals surface area (Å²) in [5.41, 5.74) is -0.0641. The molecule has 0 aromatic heterocycles. The number of nitrogens with one attached hydrogen (secondary N) is 1. The van der Waals surface area contributed by atoms with Gasteiger partial charge in [-0.05, 0) is 24.6 Å². The summed E-state index contributed by atoms with van der Waals surface area (Å²) in [6, 6.07) is 4.22. The number of carbonyl (C=O) groups is 2. The molecule has 0 heterocycles. The van der Waals surface area contributed by atoms with Gasteiger partial charge in [0.05, 0.1) is 0 Å². The Morgan fingerprint density at radius 1 is 1.44 bits per heavy atom. The van der Waals surface area contributed by atoms with E-state index >= 15 is 0 Å². The quantitative estimate of drug-likeness (QED) is 0.829. The summed E-state index contributed by atoms with van der Waals surface area (Å²) in [5.74, 6) is -1.32. The van der Waals surface area contributed by atoms with E-state index in [-0.39, 0.29) is 23.8 Å². The van der Waals surface area contributed by atoms with E-state index in [1.807, 2.05) is 6.92 Å². The number of ether oxygens (including phenoxy) is 1. The van der Waals surface area contributed by atoms with Crippen molar-refractivity contribution in [2.24, 2.45) is 0 Å². The topological polar surface area (TPSA) is 75.6 Å². The van der Waals surface area contributed by atoms with Gasteiger partial charge in [-0.1, -0.05) is 18.5 Å². The molecule has 0 bridgehead atoms. The molecule has 0 unspecified atom stereocenters. The molecule has 6 heteroatoms. The third-order valence-electron chi connectivity index (χ3n) is 2.10. The number of carboxylic acids is 1. The Balaban J connectivity index is 2.67. The van der Waals surface area contributed by atoms with Crippen molar-refractivity contribution in [3.05, 3.63) is 28.8 Å². The van der Waals surface area contributed by atoms with Crippen LogP contribution in [0.25, 0.3) is 0 Å². The Hall–Kier alpha value is -1.75. The number of hydrogen-bond donors (Lipinski definition) is 2. The van der Waals surface area contributed by atoms with Crippen LogP contribution in [0, 0.1) is 0 Å². The summed E-state index contributed by atoms with van der Waals surface area (Å²) < 4.78 is 5.16. The molecule has 0 aliphatic rings. The van der Waals surface area contributed by atoms with Crippen molar-refractivity contribution < 1.29 is 19.4 Å². The molecule has 1 amide bonds. The highest BCUT2D eigenvalue weighted by molar-refractivity contribution is 6.31. The van der Waals surface area contributed by atoms with Crippen LogP contribution >= 0.6 is 11.6 Å². The van der Waals surface area contributed by atoms with Gasteiger partial charge in [0, 0.05) is 11.6 Å². The van der Waals surface area contributed by atoms with Crippen molar-refractivity contribution in [2.75, 3.05) is 13.2 Å². The summed E-state index contributed by atoms with van der Waals surface area (Å²) in [5, 5.41) is 11.9. The largest absolute Gasteiger partial charge is 0.483 e. The zero-order valence-corrected chi connectivity index (χ0v) is 10.7. The average molecular weight is 272 g/mol. The maximum absolute atomic E-state index is 11.3. The maximum atomic E-state index is 11.3. The zero-order chi connectivity index (χ0) is 13.5. The summed E-state index contributed by atoms with van der Waals surface area (Å²) in [7, 11) is 0. The van der Waals surface area contributed by atoms with Crippen LogP contribution in [0.15, 0.2) is 18.2 Å². The van der Waals surface area contributed by atoms with Gasteiger partial charge >= 0.3 is 5.97 Å². The lowest BCUT2D eigenvalue weighted by molar-refractivity contribution is -0.123. The number of amides is 1. The van der Waals surface area contributed by atoms with Crippen LogP contribution in [0.2, 0.25) is 5.02 Å². The predicted octanol–water partition coefficient (Wildman–Crippen LogP) is 1.94. The van der Waals surface area contributed by atoms with E-state index in [1.165, 1.54) is 18.2 Å². The van der Waals surface area contributed by atoms with Crippen molar-refractivity contribution in [2.45, 2.75) is 13.3 Å². The minimum atomic E-state index is -1.15. The smallest absolute Gasteiger partial charge is 0.339 e. The monoisotopic (exact) mass is 271 g/mol. The van der Waals surface area contributed by atoms with Crippen LogP contribution in [0.1, 0.15) is 23.7 Å². The highest BCUT2D eigenvalue weighted by atomic mass is 35.5. The first-order valence-corrected chi connectivity index (χ1v) is 5.84. The van der Waals surface area contributed by atoms with Crippen LogP contribution in [-0.2, 0) is 4.79 Å². The third kappa shape index (κ3) is 4.25. The molecule has 5 nitrogen and oxygen atoms in total. The van der Waals surface area contributed by atoms with E-state index in [2.05, 4.69) is 5.32 Å². The molecule has 0 saturated carbocycles. The fourth-order valence-electron chi connectivity index (χ4n) is 1.25. The second kappa shape index (κ2) is 6.86. The second-order valence-corrected chi connectivity index (χ2v) is 4.02. The normalized spacial score (nSPS) is 9.89. The Bertz CT molecular complexity index is 448. The summed E-state index contributed by atoms with van der Waals surface area (Å²) in [6.07, 6.45) is 0.826. The SMILES string of the molecule is CCCNC(=O)COc1ccc(Cl)cc1C(=O)O. The molecule has 1 aromatic rings. The van der Waals surface area contributed by atoms with E-state index in [1.54, 1.807) is 0 Å². The van der Waals surface area contributed by atoms with Gasteiger partial charge in [0.2, 0.25) is 0 Å². The minimum Gasteiger partial charge on any atom is -0.483 e. The van der Waals surface area contributed by atoms with Crippen molar-refractivity contribution >= 4 is 23.5 Å². The molecule has 0 atom stereocenters. The summed E-state index contributed by atoms with van der Waals surface area (Å²) >= 11 is 5.69. The van der Waals surface area contributed by atoms with Crippen molar-refractivity contribution in [1.82, 2.24) is 5.32 Å². The number of hydrogen-bond acceptors (Lipinski definition) is 3. The number of carboxylic acid groups (broad SMARTS) is 1. The lowest BCUT2D eigenvalue weighted by Crippen LogP contribution is -2.29. The lowest BCUT2D eigenvalue weighted by atomic mass is 10.2. The molecular weight excluding hydrogens is 258 g/mol. The minimum absolute atomic E-state index is 0.0641. The lowest BCUT2D eigenvalue weighted by Gasteiger charge is -2.09. The number of carbonyl (C=O) groups excluding carboxylic acids is 1. The van der Waals surface area contributed by atoms with Crippen LogP contribution in [0.4, 0.5) is 0 Å². The third-order valence-corrected chi connectivity index (χ3v) is 2.34. The first kappa shape index (κ1) is 14.3. The van der Waals surface area contributed by atoms with Crippen LogP contribution in [0.3, 0.4) is 0 Å². The van der Waals surface area contributed by atoms with Crippen LogP contribution < -0.4 is 10.1 Å². The van der Waals surface area contributed by atoms with E-state index in [0.717, 1.165) is 6.42 Å². The Labute approximate surface area is 110 Å². The molecule has 0 fully saturated rings. The van der Waals surface area contributed by atoms with Crippen molar-refractivity contribution in [3.8, 4) is 5.75 Å². The number of halogens is 1. The Kier molecular flexibility index (Phi) is 5.45. The van der Waals surface area contributed by atoms with Crippen LogP contribution in [-0.4, -0.2) is 30.1 Å². The molecule has 1 rings (SSSR count). The van der Waals surface area contributed by atoms with E-state index in [0.29, 0.717) is 11.6 Å². The molecule has 1 aromatic carbocycles. The number of benzene rings is 1. The number of aromatic carboxylic acids is 1. The highest BCUT2D eigenvalue weighted by Gasteiger charge is 2.13. The van der Waals surface area contributed by atoms with E-state index in [9.17, 15) is 9.59 Å². The van der Waals surface area contributed by atoms with Gasteiger partial charge < -0.3 is 15.2 Å². The molecule has 0 aliphatic heterocycles. The van der Waals surface area contributed by atoms with Gasteiger partial charge in [-0.25, -0.2) is 4.79 Å². The van der Waals surface area contributed by atoms with Gasteiger partial charge in [0.15, 0.2) is 6.61 Å². The van der Waals surface area contributed by atoms with Gasteiger partial charge in [-0.3, -0.25) is 4.79 Å². The molecule has 0 spiro atoms. The zero-order valence-electron chi connectivity index (χ0n) is 9.90. The standard InChI is InChI=1S/C12H14ClNO4/c1-2-5-14-11(15)7-18-10-4-3-8(13)6-9(10)12(16)17/h3-4,6H,2,5,7H2,1H3,(H,14,15)(H,16,17). The molecule has 18 heavy (non-hydrogen) atoms. The fraction of sp³-hybridized carbons (Fsp3) is 0.333. The summed E-state index contributed by atoms with van der Waals surface area (Å²) in [4.78, 5) is 22.3. The van der Waals surface area contributed by atoms with Gasteiger partial charge in [0.1, 0.15) is 11.3 Å². The predicted molar refractivity (Wildman–Crippen MR) is 67.2 cm³/mol. The Morgan fingerprint density at radius 2 is 2.17 bits per heavy atom. The Morgan fingerprint density at radius 3 is 2.78 bits per heavy atom. The number of rotatable bonds is 6. The van der Waals surface area contributed by atoms with Gasteiger partial charge in [0.25, 0.3) is 5.91 Å². The molecule has 0 aliphatic carbocycles. The fourth-order valence-corrected chi connectivity index (χ4v) is 1.43. The first-order chi connectivity index (χ1) is 8.54.